The van der Waals surface area contributed by atoms with Gasteiger partial charge in [0, 0.05) is 18.7 Å². The van der Waals surface area contributed by atoms with E-state index in [1.807, 2.05) is 6.92 Å². The van der Waals surface area contributed by atoms with Crippen molar-refractivity contribution >= 4 is 27.9 Å². The summed E-state index contributed by atoms with van der Waals surface area (Å²) in [7, 11) is 0. The predicted molar refractivity (Wildman–Crippen MR) is 85.8 cm³/mol. The molecule has 2 aliphatic rings. The lowest BCUT2D eigenvalue weighted by Gasteiger charge is -2.34. The Bertz CT molecular complexity index is 543. The van der Waals surface area contributed by atoms with Crippen molar-refractivity contribution in [1.82, 2.24) is 0 Å². The maximum atomic E-state index is 11.6. The lowest BCUT2D eigenvalue weighted by Crippen LogP contribution is -2.37. The highest BCUT2D eigenvalue weighted by Gasteiger charge is 2.35. The van der Waals surface area contributed by atoms with Crippen LogP contribution in [-0.4, -0.2) is 30.2 Å². The maximum Gasteiger partial charge on any atom is 0.260 e. The highest BCUT2D eigenvalue weighted by Crippen LogP contribution is 2.52. The van der Waals surface area contributed by atoms with E-state index in [2.05, 4.69) is 4.90 Å². The number of rotatable bonds is 4. The zero-order valence-electron chi connectivity index (χ0n) is 12.3. The number of anilines is 2. The van der Waals surface area contributed by atoms with E-state index >= 15 is 0 Å². The van der Waals surface area contributed by atoms with Gasteiger partial charge in [0.1, 0.15) is 4.88 Å². The third kappa shape index (κ3) is 2.74. The zero-order chi connectivity index (χ0) is 15.1. The number of primary amides is 1. The summed E-state index contributed by atoms with van der Waals surface area (Å²) in [6.45, 7) is 3.69. The number of amides is 1. The molecule has 6 heteroatoms. The zero-order valence-corrected chi connectivity index (χ0v) is 13.2. The van der Waals surface area contributed by atoms with Crippen molar-refractivity contribution in [2.75, 3.05) is 23.7 Å². The van der Waals surface area contributed by atoms with Crippen molar-refractivity contribution in [3.8, 4) is 0 Å². The van der Waals surface area contributed by atoms with Crippen molar-refractivity contribution in [3.63, 3.8) is 0 Å². The number of carbonyl (C=O) groups excluding carboxylic acids is 1. The molecule has 1 saturated heterocycles. The largest absolute Gasteiger partial charge is 0.397 e. The molecule has 21 heavy (non-hydrogen) atoms. The van der Waals surface area contributed by atoms with Crippen LogP contribution in [0.15, 0.2) is 0 Å². The molecular weight excluding hydrogens is 286 g/mol. The molecule has 1 unspecified atom stereocenters. The SMILES string of the molecule is CC(O)C1CCN(c2sc(C(N)=O)c(N)c2C2CC2)CC1. The van der Waals surface area contributed by atoms with Crippen molar-refractivity contribution in [1.29, 1.82) is 0 Å². The molecule has 0 spiro atoms. The van der Waals surface area contributed by atoms with Crippen LogP contribution in [0.4, 0.5) is 10.7 Å². The van der Waals surface area contributed by atoms with Crippen LogP contribution in [0, 0.1) is 5.92 Å². The number of hydrogen-bond acceptors (Lipinski definition) is 5. The van der Waals surface area contributed by atoms with Gasteiger partial charge < -0.3 is 21.5 Å². The Hall–Kier alpha value is -1.27. The first-order valence-corrected chi connectivity index (χ1v) is 8.45. The number of aliphatic hydroxyl groups excluding tert-OH is 1. The third-order valence-corrected chi connectivity index (χ3v) is 5.98. The Balaban J connectivity index is 1.85. The Labute approximate surface area is 128 Å². The Morgan fingerprint density at radius 2 is 1.95 bits per heavy atom. The second kappa shape index (κ2) is 5.50. The number of piperidine rings is 1. The van der Waals surface area contributed by atoms with Crippen molar-refractivity contribution in [2.45, 2.75) is 44.6 Å². The number of nitrogens with two attached hydrogens (primary N) is 2. The van der Waals surface area contributed by atoms with Crippen LogP contribution < -0.4 is 16.4 Å². The lowest BCUT2D eigenvalue weighted by molar-refractivity contribution is 0.100. The van der Waals surface area contributed by atoms with Crippen LogP contribution in [-0.2, 0) is 0 Å². The highest BCUT2D eigenvalue weighted by atomic mass is 32.1. The van der Waals surface area contributed by atoms with E-state index in [4.69, 9.17) is 11.5 Å². The first-order chi connectivity index (χ1) is 9.99. The van der Waals surface area contributed by atoms with Crippen LogP contribution in [0.1, 0.15) is 53.8 Å². The second-order valence-electron chi connectivity index (χ2n) is 6.27. The molecule has 1 atom stereocenters. The smallest absolute Gasteiger partial charge is 0.260 e. The van der Waals surface area contributed by atoms with Gasteiger partial charge in [-0.15, -0.1) is 11.3 Å². The molecule has 1 aliphatic carbocycles. The molecule has 0 radical (unpaired) electrons. The van der Waals surface area contributed by atoms with Crippen molar-refractivity contribution in [2.24, 2.45) is 11.7 Å². The molecule has 1 saturated carbocycles. The summed E-state index contributed by atoms with van der Waals surface area (Å²) in [5, 5.41) is 10.8. The molecule has 1 aromatic heterocycles. The van der Waals surface area contributed by atoms with Gasteiger partial charge in [0.05, 0.1) is 16.8 Å². The van der Waals surface area contributed by atoms with Gasteiger partial charge in [-0.05, 0) is 44.4 Å². The van der Waals surface area contributed by atoms with Gasteiger partial charge in [0.25, 0.3) is 5.91 Å². The van der Waals surface area contributed by atoms with Crippen LogP contribution >= 0.6 is 11.3 Å². The minimum atomic E-state index is -0.426. The summed E-state index contributed by atoms with van der Waals surface area (Å²) in [5.74, 6) is 0.446. The normalized spacial score (nSPS) is 21.5. The first kappa shape index (κ1) is 14.7. The number of carbonyl (C=O) groups is 1. The molecular formula is C15H23N3O2S. The quantitative estimate of drug-likeness (QED) is 0.792. The van der Waals surface area contributed by atoms with Gasteiger partial charge in [-0.1, -0.05) is 0 Å². The van der Waals surface area contributed by atoms with Gasteiger partial charge in [-0.2, -0.15) is 0 Å². The number of nitrogens with zero attached hydrogens (tertiary/aromatic N) is 1. The van der Waals surface area contributed by atoms with Gasteiger partial charge in [0.15, 0.2) is 0 Å². The van der Waals surface area contributed by atoms with Crippen LogP contribution in [0.2, 0.25) is 0 Å². The third-order valence-electron chi connectivity index (χ3n) is 4.68. The molecule has 0 bridgehead atoms. The van der Waals surface area contributed by atoms with Gasteiger partial charge in [-0.25, -0.2) is 0 Å². The lowest BCUT2D eigenvalue weighted by atomic mass is 9.92. The minimum Gasteiger partial charge on any atom is -0.397 e. The average molecular weight is 309 g/mol. The Morgan fingerprint density at radius 1 is 1.33 bits per heavy atom. The van der Waals surface area contributed by atoms with E-state index in [-0.39, 0.29) is 6.10 Å². The predicted octanol–water partition coefficient (Wildman–Crippen LogP) is 1.90. The number of hydrogen-bond donors (Lipinski definition) is 3. The fourth-order valence-electron chi connectivity index (χ4n) is 3.21. The van der Waals surface area contributed by atoms with Crippen LogP contribution in [0.3, 0.4) is 0 Å². The summed E-state index contributed by atoms with van der Waals surface area (Å²) in [6, 6.07) is 0. The number of aliphatic hydroxyl groups is 1. The summed E-state index contributed by atoms with van der Waals surface area (Å²) < 4.78 is 0. The van der Waals surface area contributed by atoms with E-state index in [0.29, 0.717) is 22.4 Å². The molecule has 116 valence electrons. The molecule has 3 rings (SSSR count). The average Bonchev–Trinajstić information content (AvgIpc) is 3.22. The summed E-state index contributed by atoms with van der Waals surface area (Å²) in [5.41, 5.74) is 13.4. The van der Waals surface area contributed by atoms with Gasteiger partial charge in [-0.3, -0.25) is 4.79 Å². The van der Waals surface area contributed by atoms with E-state index in [0.717, 1.165) is 49.3 Å². The molecule has 5 N–H and O–H groups in total. The summed E-state index contributed by atoms with van der Waals surface area (Å²) in [4.78, 5) is 14.4. The summed E-state index contributed by atoms with van der Waals surface area (Å²) in [6.07, 6.45) is 4.01. The number of nitrogen functional groups attached to an aromatic ring is 1. The fraction of sp³-hybridized carbons (Fsp3) is 0.667. The molecule has 0 aromatic carbocycles. The molecule has 2 heterocycles. The first-order valence-electron chi connectivity index (χ1n) is 7.64. The molecule has 5 nitrogen and oxygen atoms in total. The summed E-state index contributed by atoms with van der Waals surface area (Å²) >= 11 is 1.44. The standard InChI is InChI=1S/C15H23N3O2S/c1-8(19)9-4-6-18(7-5-9)15-11(10-2-3-10)12(16)13(21-15)14(17)20/h8-10,19H,2-7,16H2,1H3,(H2,17,20). The van der Waals surface area contributed by atoms with Crippen molar-refractivity contribution < 1.29 is 9.90 Å². The molecule has 1 aliphatic heterocycles. The monoisotopic (exact) mass is 309 g/mol. The fourth-order valence-corrected chi connectivity index (χ4v) is 4.43. The van der Waals surface area contributed by atoms with Crippen molar-refractivity contribution in [3.05, 3.63) is 10.4 Å². The Morgan fingerprint density at radius 3 is 2.43 bits per heavy atom. The second-order valence-corrected chi connectivity index (χ2v) is 7.27. The van der Waals surface area contributed by atoms with E-state index in [1.165, 1.54) is 11.3 Å². The van der Waals surface area contributed by atoms with E-state index in [1.54, 1.807) is 0 Å². The number of thiophene rings is 1. The molecule has 1 aromatic rings. The van der Waals surface area contributed by atoms with Crippen LogP contribution in [0.25, 0.3) is 0 Å². The highest BCUT2D eigenvalue weighted by molar-refractivity contribution is 7.18. The van der Waals surface area contributed by atoms with E-state index in [9.17, 15) is 9.90 Å². The van der Waals surface area contributed by atoms with Gasteiger partial charge >= 0.3 is 0 Å². The van der Waals surface area contributed by atoms with E-state index < -0.39 is 5.91 Å². The topological polar surface area (TPSA) is 92.6 Å². The van der Waals surface area contributed by atoms with Crippen LogP contribution in [0.5, 0.6) is 0 Å². The molecule has 2 fully saturated rings. The maximum absolute atomic E-state index is 11.6. The Kier molecular flexibility index (Phi) is 3.84. The minimum absolute atomic E-state index is 0.246. The molecule has 1 amide bonds. The van der Waals surface area contributed by atoms with Gasteiger partial charge in [0.2, 0.25) is 0 Å².